The Morgan fingerprint density at radius 2 is 2.33 bits per heavy atom. The summed E-state index contributed by atoms with van der Waals surface area (Å²) in [5.41, 5.74) is 1.28. The Hall–Kier alpha value is -0.830. The second-order valence-corrected chi connectivity index (χ2v) is 2.82. The summed E-state index contributed by atoms with van der Waals surface area (Å²) in [6, 6.07) is 2.52. The maximum Gasteiger partial charge on any atom is 0.0553 e. The third-order valence-corrected chi connectivity index (χ3v) is 2.16. The van der Waals surface area contributed by atoms with Gasteiger partial charge in [0.15, 0.2) is 0 Å². The largest absolute Gasteiger partial charge is 0.312 e. The van der Waals surface area contributed by atoms with Crippen molar-refractivity contribution in [3.05, 3.63) is 18.0 Å². The fourth-order valence-electron chi connectivity index (χ4n) is 1.46. The molecule has 1 atom stereocenters. The molecule has 0 fully saturated rings. The van der Waals surface area contributed by atoms with Crippen LogP contribution in [0.25, 0.3) is 0 Å². The zero-order chi connectivity index (χ0) is 8.97. The van der Waals surface area contributed by atoms with Gasteiger partial charge in [-0.3, -0.25) is 4.68 Å². The summed E-state index contributed by atoms with van der Waals surface area (Å²) >= 11 is 0. The van der Waals surface area contributed by atoms with Crippen LogP contribution >= 0.6 is 0 Å². The van der Waals surface area contributed by atoms with Crippen LogP contribution in [0.2, 0.25) is 0 Å². The molecule has 3 heteroatoms. The van der Waals surface area contributed by atoms with Crippen molar-refractivity contribution in [2.24, 2.45) is 0 Å². The maximum absolute atomic E-state index is 4.23. The lowest BCUT2D eigenvalue weighted by atomic mass is 10.1. The minimum atomic E-state index is 0.437. The van der Waals surface area contributed by atoms with E-state index in [0.717, 1.165) is 13.0 Å². The molecule has 12 heavy (non-hydrogen) atoms. The molecule has 1 unspecified atom stereocenters. The van der Waals surface area contributed by atoms with Gasteiger partial charge in [-0.25, -0.2) is 0 Å². The highest BCUT2D eigenvalue weighted by atomic mass is 15.3. The van der Waals surface area contributed by atoms with Gasteiger partial charge >= 0.3 is 0 Å². The zero-order valence-corrected chi connectivity index (χ0v) is 8.04. The molecule has 68 valence electrons. The number of nitrogens with zero attached hydrogens (tertiary/aromatic N) is 2. The van der Waals surface area contributed by atoms with Gasteiger partial charge in [-0.05, 0) is 26.5 Å². The molecule has 0 amide bonds. The van der Waals surface area contributed by atoms with Crippen LogP contribution < -0.4 is 5.32 Å². The Morgan fingerprint density at radius 1 is 1.58 bits per heavy atom. The molecule has 0 bridgehead atoms. The van der Waals surface area contributed by atoms with Crippen molar-refractivity contribution in [2.75, 3.05) is 7.05 Å². The molecule has 1 aromatic rings. The normalized spacial score (nSPS) is 13.2. The van der Waals surface area contributed by atoms with E-state index in [4.69, 9.17) is 0 Å². The fraction of sp³-hybridized carbons (Fsp3) is 0.667. The summed E-state index contributed by atoms with van der Waals surface area (Å²) < 4.78 is 2.03. The Labute approximate surface area is 73.8 Å². The Balaban J connectivity index is 2.83. The second-order valence-electron chi connectivity index (χ2n) is 2.82. The van der Waals surface area contributed by atoms with E-state index in [1.54, 1.807) is 0 Å². The summed E-state index contributed by atoms with van der Waals surface area (Å²) in [4.78, 5) is 0. The van der Waals surface area contributed by atoms with Crippen molar-refractivity contribution < 1.29 is 0 Å². The third-order valence-electron chi connectivity index (χ3n) is 2.16. The first-order chi connectivity index (χ1) is 5.83. The predicted octanol–water partition coefficient (Wildman–Crippen LogP) is 1.57. The quantitative estimate of drug-likeness (QED) is 0.737. The lowest BCUT2D eigenvalue weighted by molar-refractivity contribution is 0.505. The van der Waals surface area contributed by atoms with E-state index in [2.05, 4.69) is 30.3 Å². The van der Waals surface area contributed by atoms with Crippen LogP contribution in [0.4, 0.5) is 0 Å². The maximum atomic E-state index is 4.23. The van der Waals surface area contributed by atoms with E-state index >= 15 is 0 Å². The first-order valence-electron chi connectivity index (χ1n) is 4.52. The second kappa shape index (κ2) is 4.26. The minimum absolute atomic E-state index is 0.437. The third kappa shape index (κ3) is 1.67. The molecule has 1 heterocycles. The van der Waals surface area contributed by atoms with Gasteiger partial charge in [-0.2, -0.15) is 5.10 Å². The van der Waals surface area contributed by atoms with Crippen molar-refractivity contribution in [3.8, 4) is 0 Å². The van der Waals surface area contributed by atoms with E-state index in [0.29, 0.717) is 6.04 Å². The molecule has 0 aliphatic rings. The number of aromatic nitrogens is 2. The van der Waals surface area contributed by atoms with Crippen LogP contribution in [0.5, 0.6) is 0 Å². The number of rotatable bonds is 4. The number of aryl methyl sites for hydroxylation is 1. The molecule has 3 nitrogen and oxygen atoms in total. The summed E-state index contributed by atoms with van der Waals surface area (Å²) in [6.07, 6.45) is 2.96. The monoisotopic (exact) mass is 167 g/mol. The molecule has 0 aliphatic heterocycles. The van der Waals surface area contributed by atoms with Crippen molar-refractivity contribution in [2.45, 2.75) is 32.9 Å². The molecule has 0 radical (unpaired) electrons. The zero-order valence-electron chi connectivity index (χ0n) is 8.04. The smallest absolute Gasteiger partial charge is 0.0553 e. The Bertz CT molecular complexity index is 225. The SMILES string of the molecule is CCC(NC)c1ccnn1CC. The summed E-state index contributed by atoms with van der Waals surface area (Å²) in [5, 5.41) is 7.50. The highest BCUT2D eigenvalue weighted by Crippen LogP contribution is 2.14. The van der Waals surface area contributed by atoms with Crippen molar-refractivity contribution in [3.63, 3.8) is 0 Å². The van der Waals surface area contributed by atoms with Crippen molar-refractivity contribution in [1.82, 2.24) is 15.1 Å². The topological polar surface area (TPSA) is 29.9 Å². The van der Waals surface area contributed by atoms with Crippen LogP contribution in [0.3, 0.4) is 0 Å². The van der Waals surface area contributed by atoms with E-state index < -0.39 is 0 Å². The van der Waals surface area contributed by atoms with E-state index in [-0.39, 0.29) is 0 Å². The number of nitrogens with one attached hydrogen (secondary N) is 1. The molecular weight excluding hydrogens is 150 g/mol. The highest BCUT2D eigenvalue weighted by molar-refractivity contribution is 5.06. The Morgan fingerprint density at radius 3 is 2.83 bits per heavy atom. The molecular formula is C9H17N3. The molecule has 0 saturated heterocycles. The average molecular weight is 167 g/mol. The molecule has 1 N–H and O–H groups in total. The lowest BCUT2D eigenvalue weighted by Crippen LogP contribution is -2.19. The number of hydrogen-bond acceptors (Lipinski definition) is 2. The van der Waals surface area contributed by atoms with Crippen LogP contribution in [-0.4, -0.2) is 16.8 Å². The number of hydrogen-bond donors (Lipinski definition) is 1. The summed E-state index contributed by atoms with van der Waals surface area (Å²) in [5.74, 6) is 0. The summed E-state index contributed by atoms with van der Waals surface area (Å²) in [6.45, 7) is 5.23. The average Bonchev–Trinajstić information content (AvgIpc) is 2.55. The van der Waals surface area contributed by atoms with Gasteiger partial charge < -0.3 is 5.32 Å². The molecule has 0 aromatic carbocycles. The van der Waals surface area contributed by atoms with Gasteiger partial charge in [0.2, 0.25) is 0 Å². The van der Waals surface area contributed by atoms with Gasteiger partial charge in [0.1, 0.15) is 0 Å². The first-order valence-corrected chi connectivity index (χ1v) is 4.52. The minimum Gasteiger partial charge on any atom is -0.312 e. The van der Waals surface area contributed by atoms with Crippen molar-refractivity contribution in [1.29, 1.82) is 0 Å². The molecule has 0 aliphatic carbocycles. The highest BCUT2D eigenvalue weighted by Gasteiger charge is 2.10. The lowest BCUT2D eigenvalue weighted by Gasteiger charge is -2.14. The molecule has 0 saturated carbocycles. The van der Waals surface area contributed by atoms with Gasteiger partial charge in [0, 0.05) is 18.8 Å². The van der Waals surface area contributed by atoms with Gasteiger partial charge in [0.25, 0.3) is 0 Å². The fourth-order valence-corrected chi connectivity index (χ4v) is 1.46. The van der Waals surface area contributed by atoms with Gasteiger partial charge in [0.05, 0.1) is 5.69 Å². The van der Waals surface area contributed by atoms with Crippen LogP contribution in [0, 0.1) is 0 Å². The molecule has 1 aromatic heterocycles. The standard InChI is InChI=1S/C9H17N3/c1-4-8(10-3)9-6-7-11-12(9)5-2/h6-8,10H,4-5H2,1-3H3. The predicted molar refractivity (Wildman–Crippen MR) is 50.0 cm³/mol. The van der Waals surface area contributed by atoms with E-state index in [9.17, 15) is 0 Å². The van der Waals surface area contributed by atoms with E-state index in [1.807, 2.05) is 17.9 Å². The molecule has 0 spiro atoms. The van der Waals surface area contributed by atoms with Gasteiger partial charge in [-0.1, -0.05) is 6.92 Å². The molecule has 1 rings (SSSR count). The van der Waals surface area contributed by atoms with Gasteiger partial charge in [-0.15, -0.1) is 0 Å². The summed E-state index contributed by atoms with van der Waals surface area (Å²) in [7, 11) is 1.99. The Kier molecular flexibility index (Phi) is 3.29. The van der Waals surface area contributed by atoms with Crippen LogP contribution in [0.15, 0.2) is 12.3 Å². The van der Waals surface area contributed by atoms with Crippen molar-refractivity contribution >= 4 is 0 Å². The van der Waals surface area contributed by atoms with Crippen LogP contribution in [0.1, 0.15) is 32.0 Å². The first kappa shape index (κ1) is 9.26. The van der Waals surface area contributed by atoms with Crippen LogP contribution in [-0.2, 0) is 6.54 Å². The van der Waals surface area contributed by atoms with E-state index in [1.165, 1.54) is 5.69 Å².